The van der Waals surface area contributed by atoms with E-state index in [1.807, 2.05) is 13.8 Å². The molecular weight excluding hydrogens is 246 g/mol. The molecule has 19 heavy (non-hydrogen) atoms. The quantitative estimate of drug-likeness (QED) is 0.849. The van der Waals surface area contributed by atoms with Gasteiger partial charge in [-0.2, -0.15) is 4.99 Å². The first kappa shape index (κ1) is 13.2. The molecule has 1 aliphatic heterocycles. The molecule has 6 nitrogen and oxygen atoms in total. The Morgan fingerprint density at radius 2 is 2.16 bits per heavy atom. The van der Waals surface area contributed by atoms with E-state index in [0.717, 1.165) is 0 Å². The number of nitrogens with one attached hydrogen (secondary N) is 1. The second kappa shape index (κ2) is 4.79. The number of hydrogen-bond donors (Lipinski definition) is 2. The van der Waals surface area contributed by atoms with Crippen molar-refractivity contribution in [3.63, 3.8) is 0 Å². The van der Waals surface area contributed by atoms with Crippen LogP contribution >= 0.6 is 0 Å². The van der Waals surface area contributed by atoms with Gasteiger partial charge in [0.05, 0.1) is 17.8 Å². The van der Waals surface area contributed by atoms with Crippen LogP contribution in [0.3, 0.4) is 0 Å². The summed E-state index contributed by atoms with van der Waals surface area (Å²) in [6, 6.07) is 1.58. The second-order valence-corrected chi connectivity index (χ2v) is 4.75. The van der Waals surface area contributed by atoms with Crippen LogP contribution in [-0.4, -0.2) is 34.3 Å². The number of carbonyl (C=O) groups is 2. The molecule has 1 amide bonds. The monoisotopic (exact) mass is 261 g/mol. The Morgan fingerprint density at radius 3 is 2.63 bits per heavy atom. The highest BCUT2D eigenvalue weighted by atomic mass is 16.4. The standard InChI is InChI=1S/C13H15N3O3/c1-6(2)10-8(13(18)19)4-7(3)11(16-10)12-14-5-9(17)15-12/h4,6H,5H2,1-3H3,(H,18,19)(H,14,15,17). The number of aliphatic imine (C=N–C) groups is 1. The van der Waals surface area contributed by atoms with Crippen molar-refractivity contribution in [2.24, 2.45) is 4.99 Å². The summed E-state index contributed by atoms with van der Waals surface area (Å²) < 4.78 is 0. The van der Waals surface area contributed by atoms with E-state index < -0.39 is 5.97 Å². The lowest BCUT2D eigenvalue weighted by Crippen LogP contribution is -2.24. The molecule has 1 aromatic heterocycles. The largest absolute Gasteiger partial charge is 0.478 e. The molecule has 0 saturated carbocycles. The minimum atomic E-state index is -0.997. The molecule has 2 N–H and O–H groups in total. The first-order chi connectivity index (χ1) is 8.90. The van der Waals surface area contributed by atoms with Crippen molar-refractivity contribution >= 4 is 17.7 Å². The molecule has 0 saturated heterocycles. The van der Waals surface area contributed by atoms with Gasteiger partial charge in [-0.1, -0.05) is 13.8 Å². The maximum atomic E-state index is 11.2. The van der Waals surface area contributed by atoms with E-state index in [0.29, 0.717) is 22.8 Å². The normalized spacial score (nSPS) is 14.5. The number of amidine groups is 1. The summed E-state index contributed by atoms with van der Waals surface area (Å²) in [5.41, 5.74) is 1.92. The van der Waals surface area contributed by atoms with Crippen molar-refractivity contribution in [1.82, 2.24) is 10.3 Å². The van der Waals surface area contributed by atoms with Crippen LogP contribution < -0.4 is 5.32 Å². The van der Waals surface area contributed by atoms with Crippen LogP contribution in [0.2, 0.25) is 0 Å². The van der Waals surface area contributed by atoms with Gasteiger partial charge in [-0.3, -0.25) is 4.79 Å². The zero-order valence-corrected chi connectivity index (χ0v) is 11.0. The first-order valence-corrected chi connectivity index (χ1v) is 6.00. The fourth-order valence-electron chi connectivity index (χ4n) is 1.98. The zero-order valence-electron chi connectivity index (χ0n) is 11.0. The molecule has 0 fully saturated rings. The highest BCUT2D eigenvalue weighted by Crippen LogP contribution is 2.21. The van der Waals surface area contributed by atoms with Gasteiger partial charge in [0, 0.05) is 0 Å². The van der Waals surface area contributed by atoms with Crippen molar-refractivity contribution in [2.75, 3.05) is 6.54 Å². The summed E-state index contributed by atoms with van der Waals surface area (Å²) in [6.07, 6.45) is 0. The topological polar surface area (TPSA) is 91.7 Å². The summed E-state index contributed by atoms with van der Waals surface area (Å²) in [5.74, 6) is -0.850. The van der Waals surface area contributed by atoms with Crippen molar-refractivity contribution in [2.45, 2.75) is 26.7 Å². The molecule has 0 atom stereocenters. The zero-order chi connectivity index (χ0) is 14.2. The third-order valence-corrected chi connectivity index (χ3v) is 2.89. The number of nitrogens with zero attached hydrogens (tertiary/aromatic N) is 2. The minimum absolute atomic E-state index is 0.0249. The molecule has 0 radical (unpaired) electrons. The number of aryl methyl sites for hydroxylation is 1. The van der Waals surface area contributed by atoms with Gasteiger partial charge in [0.25, 0.3) is 5.91 Å². The number of rotatable bonds is 3. The Labute approximate surface area is 110 Å². The molecule has 1 aromatic rings. The summed E-state index contributed by atoms with van der Waals surface area (Å²) in [7, 11) is 0. The van der Waals surface area contributed by atoms with Crippen LogP contribution in [0.5, 0.6) is 0 Å². The molecular formula is C13H15N3O3. The number of pyridine rings is 1. The lowest BCUT2D eigenvalue weighted by Gasteiger charge is -2.13. The van der Waals surface area contributed by atoms with Gasteiger partial charge in [0.2, 0.25) is 0 Å². The summed E-state index contributed by atoms with van der Waals surface area (Å²) >= 11 is 0. The Kier molecular flexibility index (Phi) is 3.33. The van der Waals surface area contributed by atoms with Crippen molar-refractivity contribution in [3.05, 3.63) is 28.6 Å². The maximum Gasteiger partial charge on any atom is 0.337 e. The fourth-order valence-corrected chi connectivity index (χ4v) is 1.98. The minimum Gasteiger partial charge on any atom is -0.478 e. The van der Waals surface area contributed by atoms with Gasteiger partial charge >= 0.3 is 5.97 Å². The average Bonchev–Trinajstić information content (AvgIpc) is 2.74. The Balaban J connectivity index is 2.58. The first-order valence-electron chi connectivity index (χ1n) is 6.00. The van der Waals surface area contributed by atoms with E-state index in [1.165, 1.54) is 0 Å². The molecule has 1 aliphatic rings. The smallest absolute Gasteiger partial charge is 0.337 e. The molecule has 0 unspecified atom stereocenters. The van der Waals surface area contributed by atoms with Gasteiger partial charge < -0.3 is 10.4 Å². The van der Waals surface area contributed by atoms with Gasteiger partial charge in [-0.05, 0) is 24.5 Å². The van der Waals surface area contributed by atoms with Crippen LogP contribution in [0.1, 0.15) is 47.1 Å². The van der Waals surface area contributed by atoms with Gasteiger partial charge in [-0.15, -0.1) is 0 Å². The van der Waals surface area contributed by atoms with Gasteiger partial charge in [-0.25, -0.2) is 9.78 Å². The van der Waals surface area contributed by atoms with E-state index in [1.54, 1.807) is 13.0 Å². The summed E-state index contributed by atoms with van der Waals surface area (Å²) in [5, 5.41) is 12.1. The average molecular weight is 261 g/mol. The molecule has 2 heterocycles. The summed E-state index contributed by atoms with van der Waals surface area (Å²) in [4.78, 5) is 30.6. The van der Waals surface area contributed by atoms with Crippen LogP contribution in [-0.2, 0) is 4.79 Å². The summed E-state index contributed by atoms with van der Waals surface area (Å²) in [6.45, 7) is 5.67. The number of hydrogen-bond acceptors (Lipinski definition) is 4. The number of carboxylic acid groups (broad SMARTS) is 1. The predicted octanol–water partition coefficient (Wildman–Crippen LogP) is 1.09. The molecule has 0 aliphatic carbocycles. The van der Waals surface area contributed by atoms with E-state index in [-0.39, 0.29) is 23.9 Å². The number of amides is 1. The van der Waals surface area contributed by atoms with E-state index >= 15 is 0 Å². The van der Waals surface area contributed by atoms with Crippen molar-refractivity contribution in [3.8, 4) is 0 Å². The van der Waals surface area contributed by atoms with Crippen LogP contribution in [0.15, 0.2) is 11.1 Å². The number of aromatic nitrogens is 1. The van der Waals surface area contributed by atoms with Crippen molar-refractivity contribution < 1.29 is 14.7 Å². The van der Waals surface area contributed by atoms with Crippen molar-refractivity contribution in [1.29, 1.82) is 0 Å². The molecule has 0 spiro atoms. The number of carboxylic acids is 1. The van der Waals surface area contributed by atoms with Gasteiger partial charge in [0.15, 0.2) is 5.84 Å². The molecule has 0 bridgehead atoms. The predicted molar refractivity (Wildman–Crippen MR) is 69.6 cm³/mol. The Bertz CT molecular complexity index is 591. The third kappa shape index (κ3) is 2.47. The van der Waals surface area contributed by atoms with Gasteiger partial charge in [0.1, 0.15) is 5.69 Å². The third-order valence-electron chi connectivity index (χ3n) is 2.89. The molecule has 2 rings (SSSR count). The fraction of sp³-hybridized carbons (Fsp3) is 0.385. The Hall–Kier alpha value is -2.24. The number of carbonyl (C=O) groups excluding carboxylic acids is 1. The highest BCUT2D eigenvalue weighted by molar-refractivity contribution is 6.10. The lowest BCUT2D eigenvalue weighted by atomic mass is 10.0. The molecule has 0 aromatic carbocycles. The lowest BCUT2D eigenvalue weighted by molar-refractivity contribution is -0.116. The highest BCUT2D eigenvalue weighted by Gasteiger charge is 2.22. The Morgan fingerprint density at radius 1 is 1.47 bits per heavy atom. The molecule has 6 heteroatoms. The van der Waals surface area contributed by atoms with Crippen LogP contribution in [0.4, 0.5) is 0 Å². The van der Waals surface area contributed by atoms with Crippen LogP contribution in [0, 0.1) is 6.92 Å². The SMILES string of the molecule is Cc1cc(C(=O)O)c(C(C)C)nc1C1=NC(=O)CN1. The van der Waals surface area contributed by atoms with E-state index in [2.05, 4.69) is 15.3 Å². The van der Waals surface area contributed by atoms with Crippen LogP contribution in [0.25, 0.3) is 0 Å². The van der Waals surface area contributed by atoms with E-state index in [4.69, 9.17) is 0 Å². The molecule has 100 valence electrons. The maximum absolute atomic E-state index is 11.2. The number of aromatic carboxylic acids is 1. The van der Waals surface area contributed by atoms with E-state index in [9.17, 15) is 14.7 Å². The second-order valence-electron chi connectivity index (χ2n) is 4.75.